The van der Waals surface area contributed by atoms with Crippen LogP contribution in [0.5, 0.6) is 0 Å². The smallest absolute Gasteiger partial charge is 0.252 e. The van der Waals surface area contributed by atoms with E-state index in [1.165, 1.54) is 4.90 Å². The van der Waals surface area contributed by atoms with E-state index in [9.17, 15) is 9.59 Å². The van der Waals surface area contributed by atoms with Crippen LogP contribution in [0.1, 0.15) is 36.7 Å². The predicted molar refractivity (Wildman–Crippen MR) is 89.7 cm³/mol. The molecule has 5 nitrogen and oxygen atoms in total. The van der Waals surface area contributed by atoms with Crippen molar-refractivity contribution >= 4 is 11.8 Å². The molecule has 0 aliphatic heterocycles. The van der Waals surface area contributed by atoms with Gasteiger partial charge >= 0.3 is 0 Å². The van der Waals surface area contributed by atoms with Crippen molar-refractivity contribution in [1.82, 2.24) is 10.2 Å². The number of hydrogen-bond acceptors (Lipinski definition) is 3. The van der Waals surface area contributed by atoms with Gasteiger partial charge < -0.3 is 10.2 Å². The standard InChI is InChI=1S/C18H25N3O2/c1-12(2)16(18(23)21(5)11-13(3)10-19)20-17(22)15-9-7-6-8-14(15)4/h6-9,12-13,16H,11H2,1-5H3,(H,20,22)/t13-,16-/m0/s1. The molecule has 124 valence electrons. The highest BCUT2D eigenvalue weighted by atomic mass is 16.2. The van der Waals surface area contributed by atoms with Crippen molar-refractivity contribution in [3.8, 4) is 6.07 Å². The van der Waals surface area contributed by atoms with E-state index >= 15 is 0 Å². The molecule has 2 atom stereocenters. The normalized spacial score (nSPS) is 13.1. The molecule has 1 rings (SSSR count). The number of carbonyl (C=O) groups excluding carboxylic acids is 2. The van der Waals surface area contributed by atoms with Gasteiger partial charge in [0, 0.05) is 19.2 Å². The van der Waals surface area contributed by atoms with Crippen LogP contribution in [0.3, 0.4) is 0 Å². The Bertz CT molecular complexity index is 605. The number of nitriles is 1. The molecular formula is C18H25N3O2. The average molecular weight is 315 g/mol. The first-order valence-electron chi connectivity index (χ1n) is 7.79. The van der Waals surface area contributed by atoms with Gasteiger partial charge in [0.05, 0.1) is 12.0 Å². The number of carbonyl (C=O) groups is 2. The molecule has 0 aromatic heterocycles. The molecule has 0 saturated heterocycles. The molecule has 0 bridgehead atoms. The quantitative estimate of drug-likeness (QED) is 0.876. The van der Waals surface area contributed by atoms with Crippen LogP contribution in [0.15, 0.2) is 24.3 Å². The fourth-order valence-corrected chi connectivity index (χ4v) is 2.34. The Hall–Kier alpha value is -2.35. The number of benzene rings is 1. The number of likely N-dealkylation sites (N-methyl/N-ethyl adjacent to an activating group) is 1. The Balaban J connectivity index is 2.87. The second-order valence-corrected chi connectivity index (χ2v) is 6.26. The Morgan fingerprint density at radius 3 is 2.39 bits per heavy atom. The first kappa shape index (κ1) is 18.7. The predicted octanol–water partition coefficient (Wildman–Crippen LogP) is 2.37. The van der Waals surface area contributed by atoms with Crippen LogP contribution in [0, 0.1) is 30.1 Å². The highest BCUT2D eigenvalue weighted by Crippen LogP contribution is 2.11. The van der Waals surface area contributed by atoms with Crippen molar-refractivity contribution < 1.29 is 9.59 Å². The summed E-state index contributed by atoms with van der Waals surface area (Å²) in [7, 11) is 1.66. The van der Waals surface area contributed by atoms with Gasteiger partial charge in [-0.05, 0) is 31.4 Å². The zero-order chi connectivity index (χ0) is 17.6. The summed E-state index contributed by atoms with van der Waals surface area (Å²) < 4.78 is 0. The molecule has 0 aliphatic rings. The first-order chi connectivity index (χ1) is 10.8. The minimum Gasteiger partial charge on any atom is -0.343 e. The molecule has 2 amide bonds. The molecule has 23 heavy (non-hydrogen) atoms. The van der Waals surface area contributed by atoms with Gasteiger partial charge in [-0.15, -0.1) is 0 Å². The van der Waals surface area contributed by atoms with Crippen LogP contribution < -0.4 is 5.32 Å². The summed E-state index contributed by atoms with van der Waals surface area (Å²) in [4.78, 5) is 26.6. The van der Waals surface area contributed by atoms with Crippen LogP contribution in [0.4, 0.5) is 0 Å². The Labute approximate surface area is 138 Å². The van der Waals surface area contributed by atoms with Crippen LogP contribution in [-0.4, -0.2) is 36.3 Å². The highest BCUT2D eigenvalue weighted by Gasteiger charge is 2.28. The van der Waals surface area contributed by atoms with Gasteiger partial charge in [0.1, 0.15) is 6.04 Å². The van der Waals surface area contributed by atoms with E-state index in [1.54, 1.807) is 26.1 Å². The van der Waals surface area contributed by atoms with Gasteiger partial charge in [-0.3, -0.25) is 9.59 Å². The summed E-state index contributed by atoms with van der Waals surface area (Å²) in [6.45, 7) is 7.76. The number of nitrogens with zero attached hydrogens (tertiary/aromatic N) is 2. The maximum absolute atomic E-state index is 12.6. The number of amides is 2. The molecule has 0 radical (unpaired) electrons. The van der Waals surface area contributed by atoms with E-state index in [0.29, 0.717) is 12.1 Å². The maximum Gasteiger partial charge on any atom is 0.252 e. The summed E-state index contributed by atoms with van der Waals surface area (Å²) in [5.74, 6) is -0.722. The third-order valence-electron chi connectivity index (χ3n) is 3.75. The fourth-order valence-electron chi connectivity index (χ4n) is 2.34. The number of nitrogens with one attached hydrogen (secondary N) is 1. The maximum atomic E-state index is 12.6. The molecule has 0 heterocycles. The van der Waals surface area contributed by atoms with E-state index < -0.39 is 6.04 Å². The Morgan fingerprint density at radius 2 is 1.87 bits per heavy atom. The lowest BCUT2D eigenvalue weighted by Crippen LogP contribution is -2.51. The monoisotopic (exact) mass is 315 g/mol. The summed E-state index contributed by atoms with van der Waals surface area (Å²) >= 11 is 0. The fraction of sp³-hybridized carbons (Fsp3) is 0.500. The van der Waals surface area contributed by atoms with Crippen molar-refractivity contribution in [2.75, 3.05) is 13.6 Å². The molecule has 0 fully saturated rings. The number of aryl methyl sites for hydroxylation is 1. The Morgan fingerprint density at radius 1 is 1.26 bits per heavy atom. The van der Waals surface area contributed by atoms with Crippen LogP contribution in [0.2, 0.25) is 0 Å². The molecular weight excluding hydrogens is 290 g/mol. The average Bonchev–Trinajstić information content (AvgIpc) is 2.51. The minimum absolute atomic E-state index is 0.0460. The SMILES string of the molecule is Cc1ccccc1C(=O)N[C@H](C(=O)N(C)C[C@@H](C)C#N)C(C)C. The summed E-state index contributed by atoms with van der Waals surface area (Å²) in [6.07, 6.45) is 0. The zero-order valence-corrected chi connectivity index (χ0v) is 14.5. The summed E-state index contributed by atoms with van der Waals surface area (Å²) in [6, 6.07) is 8.78. The van der Waals surface area contributed by atoms with Crippen LogP contribution >= 0.6 is 0 Å². The van der Waals surface area contributed by atoms with E-state index in [1.807, 2.05) is 32.9 Å². The van der Waals surface area contributed by atoms with Crippen molar-refractivity contribution in [2.24, 2.45) is 11.8 Å². The zero-order valence-electron chi connectivity index (χ0n) is 14.5. The topological polar surface area (TPSA) is 73.2 Å². The van der Waals surface area contributed by atoms with Gasteiger partial charge in [-0.25, -0.2) is 0 Å². The van der Waals surface area contributed by atoms with Gasteiger partial charge in [-0.2, -0.15) is 5.26 Å². The van der Waals surface area contributed by atoms with Gasteiger partial charge in [0.15, 0.2) is 0 Å². The van der Waals surface area contributed by atoms with Crippen molar-refractivity contribution in [1.29, 1.82) is 5.26 Å². The lowest BCUT2D eigenvalue weighted by molar-refractivity contribution is -0.133. The molecule has 0 saturated carbocycles. The summed E-state index contributed by atoms with van der Waals surface area (Å²) in [5.41, 5.74) is 1.44. The molecule has 1 aromatic carbocycles. The number of hydrogen-bond donors (Lipinski definition) is 1. The molecule has 5 heteroatoms. The molecule has 0 unspecified atom stereocenters. The van der Waals surface area contributed by atoms with E-state index in [-0.39, 0.29) is 23.7 Å². The van der Waals surface area contributed by atoms with Crippen molar-refractivity contribution in [2.45, 2.75) is 33.7 Å². The van der Waals surface area contributed by atoms with Crippen LogP contribution in [0.25, 0.3) is 0 Å². The lowest BCUT2D eigenvalue weighted by Gasteiger charge is -2.27. The third-order valence-corrected chi connectivity index (χ3v) is 3.75. The Kier molecular flexibility index (Phi) is 6.77. The molecule has 1 N–H and O–H groups in total. The molecule has 0 aliphatic carbocycles. The van der Waals surface area contributed by atoms with Gasteiger partial charge in [0.25, 0.3) is 5.91 Å². The first-order valence-corrected chi connectivity index (χ1v) is 7.79. The van der Waals surface area contributed by atoms with E-state index in [2.05, 4.69) is 11.4 Å². The van der Waals surface area contributed by atoms with E-state index in [0.717, 1.165) is 5.56 Å². The molecule has 0 spiro atoms. The largest absolute Gasteiger partial charge is 0.343 e. The van der Waals surface area contributed by atoms with Crippen LogP contribution in [-0.2, 0) is 4.79 Å². The molecule has 1 aromatic rings. The van der Waals surface area contributed by atoms with E-state index in [4.69, 9.17) is 5.26 Å². The van der Waals surface area contributed by atoms with Gasteiger partial charge in [0.2, 0.25) is 5.91 Å². The van der Waals surface area contributed by atoms with Gasteiger partial charge in [-0.1, -0.05) is 32.0 Å². The van der Waals surface area contributed by atoms with Crippen molar-refractivity contribution in [3.05, 3.63) is 35.4 Å². The second kappa shape index (κ2) is 8.33. The summed E-state index contributed by atoms with van der Waals surface area (Å²) in [5, 5.41) is 11.7. The second-order valence-electron chi connectivity index (χ2n) is 6.26. The third kappa shape index (κ3) is 5.10. The highest BCUT2D eigenvalue weighted by molar-refractivity contribution is 5.98. The lowest BCUT2D eigenvalue weighted by atomic mass is 10.0. The van der Waals surface area contributed by atoms with Crippen molar-refractivity contribution in [3.63, 3.8) is 0 Å². The minimum atomic E-state index is -0.613. The number of rotatable bonds is 6.